The summed E-state index contributed by atoms with van der Waals surface area (Å²) in [5.41, 5.74) is -4.25. The number of hydrogen-bond acceptors (Lipinski definition) is 14. The van der Waals surface area contributed by atoms with Crippen molar-refractivity contribution in [3.63, 3.8) is 0 Å². The molecule has 0 spiro atoms. The third-order valence-electron chi connectivity index (χ3n) is 12.2. The van der Waals surface area contributed by atoms with E-state index < -0.39 is 102 Å². The number of Topliss-reactive ketones (excluding diaryl/α,β-unsaturated/α-hetero) is 1. The van der Waals surface area contributed by atoms with E-state index in [0.717, 1.165) is 0 Å². The Hall–Kier alpha value is -1.30. The Balaban J connectivity index is 2.20. The van der Waals surface area contributed by atoms with E-state index in [1.165, 1.54) is 14.2 Å². The minimum absolute atomic E-state index is 0.0925. The number of ketones is 1. The van der Waals surface area contributed by atoms with Crippen molar-refractivity contribution in [2.45, 2.75) is 179 Å². The Bertz CT molecular complexity index is 1190. The predicted octanol–water partition coefficient (Wildman–Crippen LogP) is 2.44. The van der Waals surface area contributed by atoms with Crippen LogP contribution in [0.15, 0.2) is 0 Å². The number of carbonyl (C=O) groups excluding carboxylic acids is 2. The summed E-state index contributed by atoms with van der Waals surface area (Å²) in [6.07, 6.45) is -8.87. The van der Waals surface area contributed by atoms with Gasteiger partial charge in [0.1, 0.15) is 29.7 Å². The van der Waals surface area contributed by atoms with Gasteiger partial charge in [-0.05, 0) is 74.9 Å². The van der Waals surface area contributed by atoms with Crippen LogP contribution in [0.5, 0.6) is 0 Å². The minimum atomic E-state index is -1.76. The van der Waals surface area contributed by atoms with Gasteiger partial charge in [-0.1, -0.05) is 27.7 Å². The molecular weight excluding hydrogens is 678 g/mol. The molecule has 0 radical (unpaired) electrons. The lowest BCUT2D eigenvalue weighted by Gasteiger charge is -2.49. The van der Waals surface area contributed by atoms with Crippen LogP contribution in [0, 0.1) is 23.7 Å². The average Bonchev–Trinajstić information content (AvgIpc) is 3.08. The molecule has 3 aliphatic heterocycles. The number of hydrogen-bond donors (Lipinski definition) is 4. The first-order valence-corrected chi connectivity index (χ1v) is 18.9. The van der Waals surface area contributed by atoms with Crippen LogP contribution in [0.4, 0.5) is 0 Å². The van der Waals surface area contributed by atoms with E-state index in [1.807, 2.05) is 25.9 Å². The Morgan fingerprint density at radius 3 is 2.02 bits per heavy atom. The summed E-state index contributed by atoms with van der Waals surface area (Å²) >= 11 is 0. The molecular formula is C38H69NO13. The molecule has 52 heavy (non-hydrogen) atoms. The third kappa shape index (κ3) is 9.38. The molecule has 0 aromatic carbocycles. The highest BCUT2D eigenvalue weighted by atomic mass is 16.7. The standard InChI is InChI=1S/C38H69NO13/c1-15-26-38(10,47-14)31(42)21(4)28(40)19(2)17-36(8,45)33(52-35-29(41)25(39(11)12)16-20(3)48-35)22(5)30(23(6)34(44)50-26)51-27-18-37(9,46-13)32(43)24(7)49-27/h19-27,29-33,35,41-43,45H,15-18H2,1-14H3/t19-,20-,21-,22+,23-,24+,25+,26+,27+,29-,30-,31-,32+,33-,35+,36+,37-,38-/m1/s1. The van der Waals surface area contributed by atoms with Gasteiger partial charge in [0.05, 0.1) is 47.6 Å². The van der Waals surface area contributed by atoms with E-state index in [1.54, 1.807) is 62.3 Å². The molecule has 18 atom stereocenters. The van der Waals surface area contributed by atoms with Gasteiger partial charge >= 0.3 is 5.97 Å². The van der Waals surface area contributed by atoms with Gasteiger partial charge in [-0.25, -0.2) is 0 Å². The van der Waals surface area contributed by atoms with Crippen LogP contribution < -0.4 is 0 Å². The number of carbonyl (C=O) groups is 2. The second-order valence-electron chi connectivity index (χ2n) is 16.6. The van der Waals surface area contributed by atoms with E-state index >= 15 is 0 Å². The van der Waals surface area contributed by atoms with Crippen molar-refractivity contribution in [2.75, 3.05) is 28.3 Å². The Labute approximate surface area is 310 Å². The lowest BCUT2D eigenvalue weighted by Crippen LogP contribution is -2.61. The van der Waals surface area contributed by atoms with Gasteiger partial charge in [0, 0.05) is 44.4 Å². The number of likely N-dealkylation sites (N-methyl/N-ethyl adjacent to an activating group) is 1. The summed E-state index contributed by atoms with van der Waals surface area (Å²) in [6, 6.07) is -0.312. The molecule has 0 amide bonds. The Kier molecular flexibility index (Phi) is 15.3. The van der Waals surface area contributed by atoms with E-state index in [9.17, 15) is 30.0 Å². The summed E-state index contributed by atoms with van der Waals surface area (Å²) in [5, 5.41) is 46.5. The maximum Gasteiger partial charge on any atom is 0.311 e. The van der Waals surface area contributed by atoms with Gasteiger partial charge in [0.25, 0.3) is 0 Å². The summed E-state index contributed by atoms with van der Waals surface area (Å²) < 4.78 is 43.3. The SMILES string of the molecule is CC[C@@H]1OC(=O)[C@H](C)[C@H](O[C@H]2C[C@@](C)(OC)[C@@H](O)[C@H](C)O2)[C@H](C)[C@@H](O[C@@H]2O[C@H](C)C[C@H](N(C)C)[C@H]2O)[C@@](C)(O)C[C@@H](C)C(=O)[C@@H](C)[C@@H](O)[C@]1(C)OC. The number of cyclic esters (lactones) is 1. The maximum absolute atomic E-state index is 14.2. The fourth-order valence-electron chi connectivity index (χ4n) is 8.64. The predicted molar refractivity (Wildman–Crippen MR) is 191 cm³/mol. The number of ether oxygens (including phenoxy) is 7. The van der Waals surface area contributed by atoms with Gasteiger partial charge in [-0.2, -0.15) is 0 Å². The average molecular weight is 748 g/mol. The van der Waals surface area contributed by atoms with Crippen LogP contribution in [0.2, 0.25) is 0 Å². The van der Waals surface area contributed by atoms with Crippen LogP contribution in [-0.2, 0) is 42.7 Å². The zero-order chi connectivity index (χ0) is 39.7. The fraction of sp³-hybridized carbons (Fsp3) is 0.947. The first kappa shape index (κ1) is 45.1. The Morgan fingerprint density at radius 2 is 1.48 bits per heavy atom. The van der Waals surface area contributed by atoms with Crippen molar-refractivity contribution in [2.24, 2.45) is 23.7 Å². The van der Waals surface area contributed by atoms with Gasteiger partial charge in [-0.15, -0.1) is 0 Å². The lowest BCUT2D eigenvalue weighted by molar-refractivity contribution is -0.318. The van der Waals surface area contributed by atoms with Crippen molar-refractivity contribution < 1.29 is 63.2 Å². The van der Waals surface area contributed by atoms with E-state index in [-0.39, 0.29) is 37.2 Å². The fourth-order valence-corrected chi connectivity index (χ4v) is 8.64. The number of esters is 1. The number of rotatable bonds is 8. The summed E-state index contributed by atoms with van der Waals surface area (Å²) in [4.78, 5) is 30.1. The second kappa shape index (κ2) is 17.7. The van der Waals surface area contributed by atoms with E-state index in [0.29, 0.717) is 6.42 Å². The first-order chi connectivity index (χ1) is 24.0. The molecule has 3 fully saturated rings. The molecule has 0 aromatic rings. The number of aliphatic hydroxyl groups excluding tert-OH is 3. The summed E-state index contributed by atoms with van der Waals surface area (Å²) in [5.74, 6) is -4.52. The summed E-state index contributed by atoms with van der Waals surface area (Å²) in [7, 11) is 6.62. The van der Waals surface area contributed by atoms with Gasteiger partial charge in [0.2, 0.25) is 0 Å². The maximum atomic E-state index is 14.2. The van der Waals surface area contributed by atoms with Crippen molar-refractivity contribution in [3.05, 3.63) is 0 Å². The normalized spacial score (nSPS) is 49.0. The molecule has 0 aromatic heterocycles. The molecule has 0 aliphatic carbocycles. The van der Waals surface area contributed by atoms with E-state index in [2.05, 4.69) is 0 Å². The molecule has 3 aliphatic rings. The largest absolute Gasteiger partial charge is 0.459 e. The highest BCUT2D eigenvalue weighted by molar-refractivity contribution is 5.83. The van der Waals surface area contributed by atoms with Crippen molar-refractivity contribution >= 4 is 11.8 Å². The number of methoxy groups -OCH3 is 2. The molecule has 3 heterocycles. The van der Waals surface area contributed by atoms with Gasteiger partial charge in [-0.3, -0.25) is 9.59 Å². The topological polar surface area (TPSA) is 183 Å². The molecule has 4 N–H and O–H groups in total. The monoisotopic (exact) mass is 747 g/mol. The van der Waals surface area contributed by atoms with Gasteiger partial charge < -0.3 is 58.5 Å². The van der Waals surface area contributed by atoms with Crippen LogP contribution in [0.3, 0.4) is 0 Å². The molecule has 304 valence electrons. The molecule has 14 heteroatoms. The highest BCUT2D eigenvalue weighted by Gasteiger charge is 2.54. The zero-order valence-corrected chi connectivity index (χ0v) is 33.9. The quantitative estimate of drug-likeness (QED) is 0.266. The molecule has 3 saturated heterocycles. The van der Waals surface area contributed by atoms with Crippen molar-refractivity contribution in [3.8, 4) is 0 Å². The first-order valence-electron chi connectivity index (χ1n) is 18.9. The minimum Gasteiger partial charge on any atom is -0.459 e. The van der Waals surface area contributed by atoms with Gasteiger partial charge in [0.15, 0.2) is 12.6 Å². The van der Waals surface area contributed by atoms with Crippen LogP contribution in [0.1, 0.15) is 94.9 Å². The van der Waals surface area contributed by atoms with Crippen molar-refractivity contribution in [1.82, 2.24) is 4.90 Å². The molecule has 0 saturated carbocycles. The number of nitrogens with zero attached hydrogens (tertiary/aromatic N) is 1. The Morgan fingerprint density at radius 1 is 0.865 bits per heavy atom. The number of aliphatic hydroxyl groups is 4. The van der Waals surface area contributed by atoms with Crippen LogP contribution in [0.25, 0.3) is 0 Å². The van der Waals surface area contributed by atoms with Crippen molar-refractivity contribution in [1.29, 1.82) is 0 Å². The highest BCUT2D eigenvalue weighted by Crippen LogP contribution is 2.41. The summed E-state index contributed by atoms with van der Waals surface area (Å²) in [6.45, 7) is 17.0. The molecule has 3 rings (SSSR count). The lowest BCUT2D eigenvalue weighted by atomic mass is 9.74. The van der Waals surface area contributed by atoms with Crippen LogP contribution >= 0.6 is 0 Å². The smallest absolute Gasteiger partial charge is 0.311 e. The second-order valence-corrected chi connectivity index (χ2v) is 16.6. The molecule has 0 unspecified atom stereocenters. The third-order valence-corrected chi connectivity index (χ3v) is 12.2. The zero-order valence-electron chi connectivity index (χ0n) is 33.9. The van der Waals surface area contributed by atoms with E-state index in [4.69, 9.17) is 33.2 Å². The van der Waals surface area contributed by atoms with Crippen LogP contribution in [-0.4, -0.2) is 150 Å². The molecule has 14 nitrogen and oxygen atoms in total. The molecule has 0 bridgehead atoms.